The van der Waals surface area contributed by atoms with Gasteiger partial charge in [-0.2, -0.15) is 0 Å². The molecule has 3 fully saturated rings. The number of ketones is 4. The van der Waals surface area contributed by atoms with E-state index in [1.54, 1.807) is 11.0 Å². The molecule has 5 atom stereocenters. The number of carbonyl (C=O) groups excluding carboxylic acids is 5. The maximum atomic E-state index is 15.0. The van der Waals surface area contributed by atoms with Crippen molar-refractivity contribution in [2.24, 2.45) is 46.3 Å². The molecule has 0 radical (unpaired) electrons. The number of hydrogen-bond acceptors (Lipinski definition) is 7. The molecule has 3 aliphatic carbocycles. The number of likely N-dealkylation sites (tertiary alicyclic amines) is 1. The number of allylic oxidation sites excluding steroid dienone is 1. The zero-order valence-corrected chi connectivity index (χ0v) is 34.4. The Bertz CT molecular complexity index is 1660. The summed E-state index contributed by atoms with van der Waals surface area (Å²) in [5, 5.41) is 0. The standard InChI is InChI=1S/C45H65NO7S/c1-7-9-18-38(48)42(50)33(15-8-2)25-39(49)41-40-37(44(40,5)6)28-46(41)43(51)36(34-23-31-16-11-12-17-32(31)24-34)26-35(47)27-45(20-13-10-14-21-45)29-54(52,53)22-19-30(3)4/h7,11-12,16-17,30,33-34,36-37,40-41H,1,8-10,13-15,18-29H2,2-6H3/t33?,36-,37?,40-,41+/m0/s1. The van der Waals surface area contributed by atoms with Gasteiger partial charge in [-0.1, -0.05) is 90.6 Å². The number of fused-ring (bicyclic) bond motifs is 2. The van der Waals surface area contributed by atoms with Crippen molar-refractivity contribution in [3.8, 4) is 0 Å². The molecule has 2 saturated carbocycles. The number of sulfone groups is 1. The van der Waals surface area contributed by atoms with Gasteiger partial charge in [0.05, 0.1) is 17.5 Å². The van der Waals surface area contributed by atoms with E-state index in [2.05, 4.69) is 32.6 Å². The second-order valence-electron chi connectivity index (χ2n) is 18.5. The lowest BCUT2D eigenvalue weighted by molar-refractivity contribution is -0.147. The van der Waals surface area contributed by atoms with Crippen LogP contribution in [0, 0.1) is 46.3 Å². The van der Waals surface area contributed by atoms with Gasteiger partial charge in [-0.25, -0.2) is 8.42 Å². The molecule has 1 aliphatic heterocycles. The van der Waals surface area contributed by atoms with Gasteiger partial charge >= 0.3 is 0 Å². The first-order chi connectivity index (χ1) is 25.5. The minimum absolute atomic E-state index is 0.0147. The molecule has 1 saturated heterocycles. The van der Waals surface area contributed by atoms with E-state index in [0.29, 0.717) is 57.9 Å². The highest BCUT2D eigenvalue weighted by Gasteiger charge is 2.69. The Morgan fingerprint density at radius 3 is 2.20 bits per heavy atom. The maximum absolute atomic E-state index is 15.0. The molecule has 0 N–H and O–H groups in total. The third-order valence-corrected chi connectivity index (χ3v) is 15.5. The van der Waals surface area contributed by atoms with Crippen LogP contribution in [-0.2, 0) is 46.7 Å². The Hall–Kier alpha value is -2.94. The predicted octanol–water partition coefficient (Wildman–Crippen LogP) is 7.74. The summed E-state index contributed by atoms with van der Waals surface area (Å²) in [6.45, 7) is 14.3. The smallest absolute Gasteiger partial charge is 0.227 e. The van der Waals surface area contributed by atoms with Gasteiger partial charge in [0.25, 0.3) is 0 Å². The molecule has 0 aromatic heterocycles. The van der Waals surface area contributed by atoms with Gasteiger partial charge in [0, 0.05) is 44.1 Å². The molecule has 8 nitrogen and oxygen atoms in total. The Morgan fingerprint density at radius 1 is 0.963 bits per heavy atom. The van der Waals surface area contributed by atoms with Gasteiger partial charge in [-0.05, 0) is 90.6 Å². The average Bonchev–Trinajstić information content (AvgIpc) is 3.47. The van der Waals surface area contributed by atoms with Gasteiger partial charge in [-0.15, -0.1) is 6.58 Å². The number of amides is 1. The molecular weight excluding hydrogens is 699 g/mol. The number of rotatable bonds is 21. The second-order valence-corrected chi connectivity index (χ2v) is 20.6. The number of hydrogen-bond donors (Lipinski definition) is 0. The van der Waals surface area contributed by atoms with E-state index < -0.39 is 44.7 Å². The van der Waals surface area contributed by atoms with Crippen LogP contribution >= 0.6 is 0 Å². The molecule has 2 unspecified atom stereocenters. The summed E-state index contributed by atoms with van der Waals surface area (Å²) in [6, 6.07) is 7.45. The van der Waals surface area contributed by atoms with Crippen molar-refractivity contribution >= 4 is 38.9 Å². The van der Waals surface area contributed by atoms with E-state index in [9.17, 15) is 27.6 Å². The van der Waals surface area contributed by atoms with E-state index in [4.69, 9.17) is 0 Å². The third kappa shape index (κ3) is 9.70. The first-order valence-corrected chi connectivity index (χ1v) is 22.6. The Kier molecular flexibility index (Phi) is 13.7. The Labute approximate surface area is 324 Å². The average molecular weight is 764 g/mol. The molecule has 5 rings (SSSR count). The van der Waals surface area contributed by atoms with Crippen molar-refractivity contribution in [2.75, 3.05) is 18.1 Å². The molecule has 4 aliphatic rings. The van der Waals surface area contributed by atoms with Crippen LogP contribution < -0.4 is 0 Å². The summed E-state index contributed by atoms with van der Waals surface area (Å²) in [7, 11) is -3.36. The van der Waals surface area contributed by atoms with Crippen LogP contribution in [0.3, 0.4) is 0 Å². The number of Topliss-reactive ketones (excluding diaryl/α,β-unsaturated/α-hetero) is 4. The van der Waals surface area contributed by atoms with Crippen molar-refractivity contribution < 1.29 is 32.4 Å². The molecule has 54 heavy (non-hydrogen) atoms. The lowest BCUT2D eigenvalue weighted by Crippen LogP contribution is -2.50. The van der Waals surface area contributed by atoms with E-state index in [0.717, 1.165) is 19.3 Å². The summed E-state index contributed by atoms with van der Waals surface area (Å²) in [6.07, 6.45) is 9.40. The first kappa shape index (κ1) is 42.2. The van der Waals surface area contributed by atoms with Gasteiger partial charge in [-0.3, -0.25) is 24.0 Å². The van der Waals surface area contributed by atoms with Crippen LogP contribution in [-0.4, -0.2) is 66.5 Å². The molecule has 1 aromatic rings. The normalized spacial score (nSPS) is 24.0. The van der Waals surface area contributed by atoms with E-state index in [-0.39, 0.29) is 83.7 Å². The third-order valence-electron chi connectivity index (χ3n) is 13.6. The van der Waals surface area contributed by atoms with E-state index in [1.807, 2.05) is 32.9 Å². The number of benzene rings is 1. The fraction of sp³-hybridized carbons (Fsp3) is 0.711. The molecule has 1 aromatic carbocycles. The van der Waals surface area contributed by atoms with Crippen molar-refractivity contribution in [3.05, 3.63) is 48.0 Å². The van der Waals surface area contributed by atoms with E-state index >= 15 is 4.79 Å². The highest BCUT2D eigenvalue weighted by atomic mass is 32.2. The quantitative estimate of drug-likeness (QED) is 0.0928. The number of nitrogens with zero attached hydrogens (tertiary/aromatic N) is 1. The maximum Gasteiger partial charge on any atom is 0.227 e. The molecular formula is C45H65NO7S. The highest BCUT2D eigenvalue weighted by molar-refractivity contribution is 7.91. The topological polar surface area (TPSA) is 123 Å². The molecule has 1 amide bonds. The van der Waals surface area contributed by atoms with E-state index in [1.165, 1.54) is 11.1 Å². The summed E-state index contributed by atoms with van der Waals surface area (Å²) >= 11 is 0. The summed E-state index contributed by atoms with van der Waals surface area (Å²) in [4.78, 5) is 71.6. The van der Waals surface area contributed by atoms with Crippen LogP contribution in [0.2, 0.25) is 0 Å². The molecule has 0 spiro atoms. The first-order valence-electron chi connectivity index (χ1n) is 20.8. The van der Waals surface area contributed by atoms with Crippen LogP contribution in [0.1, 0.15) is 129 Å². The zero-order valence-electron chi connectivity index (χ0n) is 33.6. The lowest BCUT2D eigenvalue weighted by atomic mass is 9.71. The second kappa shape index (κ2) is 17.5. The minimum Gasteiger partial charge on any atom is -0.332 e. The van der Waals surface area contributed by atoms with Gasteiger partial charge < -0.3 is 4.90 Å². The fourth-order valence-electron chi connectivity index (χ4n) is 10.4. The summed E-state index contributed by atoms with van der Waals surface area (Å²) in [5.41, 5.74) is 1.60. The lowest BCUT2D eigenvalue weighted by Gasteiger charge is -2.38. The van der Waals surface area contributed by atoms with Crippen molar-refractivity contribution in [1.82, 2.24) is 4.90 Å². The van der Waals surface area contributed by atoms with Crippen molar-refractivity contribution in [2.45, 2.75) is 137 Å². The minimum atomic E-state index is -3.36. The summed E-state index contributed by atoms with van der Waals surface area (Å²) < 4.78 is 26.8. The number of piperidine rings is 1. The molecule has 298 valence electrons. The predicted molar refractivity (Wildman–Crippen MR) is 212 cm³/mol. The Morgan fingerprint density at radius 2 is 1.61 bits per heavy atom. The SMILES string of the molecule is C=CCCC(=O)C(=O)C(CCC)CC(=O)[C@@H]1[C@@H]2C(CN1C(=O)[C@@H](CC(=O)CC1(CS(=O)(=O)CCC(C)C)CCCCC1)C1Cc3ccccc3C1)C2(C)C. The van der Waals surface area contributed by atoms with Crippen molar-refractivity contribution in [1.29, 1.82) is 0 Å². The largest absolute Gasteiger partial charge is 0.332 e. The van der Waals surface area contributed by atoms with Gasteiger partial charge in [0.1, 0.15) is 5.78 Å². The van der Waals surface area contributed by atoms with Crippen LogP contribution in [0.4, 0.5) is 0 Å². The zero-order chi connectivity index (χ0) is 39.4. The van der Waals surface area contributed by atoms with Crippen LogP contribution in [0.5, 0.6) is 0 Å². The molecule has 9 heteroatoms. The fourth-order valence-corrected chi connectivity index (χ4v) is 12.7. The monoisotopic (exact) mass is 763 g/mol. The van der Waals surface area contributed by atoms with Gasteiger partial charge in [0.15, 0.2) is 21.4 Å². The van der Waals surface area contributed by atoms with Crippen LogP contribution in [0.25, 0.3) is 0 Å². The van der Waals surface area contributed by atoms with Gasteiger partial charge in [0.2, 0.25) is 11.7 Å². The highest BCUT2D eigenvalue weighted by Crippen LogP contribution is 2.65. The molecule has 1 heterocycles. The van der Waals surface area contributed by atoms with Crippen LogP contribution in [0.15, 0.2) is 36.9 Å². The van der Waals surface area contributed by atoms with Crippen molar-refractivity contribution in [3.63, 3.8) is 0 Å². The summed E-state index contributed by atoms with van der Waals surface area (Å²) in [5.74, 6) is -2.37. The Balaban J connectivity index is 1.40. The number of carbonyl (C=O) groups is 5. The molecule has 0 bridgehead atoms.